The van der Waals surface area contributed by atoms with Gasteiger partial charge in [0, 0.05) is 5.56 Å². The molecule has 1 aromatic rings. The molecule has 1 N–H and O–H groups in total. The molecule has 0 aliphatic rings. The van der Waals surface area contributed by atoms with Crippen LogP contribution in [0.15, 0.2) is 23.3 Å². The molecule has 0 atom stereocenters. The van der Waals surface area contributed by atoms with Crippen molar-refractivity contribution in [3.63, 3.8) is 0 Å². The Morgan fingerprint density at radius 1 is 1.18 bits per heavy atom. The van der Waals surface area contributed by atoms with Gasteiger partial charge in [-0.15, -0.1) is 0 Å². The lowest BCUT2D eigenvalue weighted by atomic mass is 9.85. The Morgan fingerprint density at radius 2 is 1.82 bits per heavy atom. The van der Waals surface area contributed by atoms with Crippen LogP contribution < -0.4 is 10.2 Å². The molecule has 22 heavy (non-hydrogen) atoms. The number of rotatable bonds is 3. The first kappa shape index (κ1) is 18.0. The Kier molecular flexibility index (Phi) is 5.58. The first-order valence-electron chi connectivity index (χ1n) is 7.23. The summed E-state index contributed by atoms with van der Waals surface area (Å²) >= 11 is 0. The summed E-state index contributed by atoms with van der Waals surface area (Å²) in [6.07, 6.45) is 1.01. The van der Waals surface area contributed by atoms with Crippen LogP contribution in [-0.4, -0.2) is 25.0 Å². The molecule has 0 aliphatic carbocycles. The molecule has 0 bridgehead atoms. The minimum absolute atomic E-state index is 0.0478. The molecule has 1 amide bonds. The van der Waals surface area contributed by atoms with E-state index in [2.05, 4.69) is 31.3 Å². The summed E-state index contributed by atoms with van der Waals surface area (Å²) in [4.78, 5) is 11.5. The van der Waals surface area contributed by atoms with Crippen LogP contribution in [0.1, 0.15) is 52.7 Å². The van der Waals surface area contributed by atoms with E-state index in [1.54, 1.807) is 34.1 Å². The minimum Gasteiger partial charge on any atom is -0.496 e. The average molecular weight is 306 g/mol. The smallest absolute Gasteiger partial charge is 0.428 e. The topological polar surface area (TPSA) is 59.9 Å². The van der Waals surface area contributed by atoms with Crippen molar-refractivity contribution in [1.29, 1.82) is 0 Å². The Hall–Kier alpha value is -2.04. The summed E-state index contributed by atoms with van der Waals surface area (Å²) in [7, 11) is 1.66. The number of nitrogens with one attached hydrogen (secondary N) is 1. The lowest BCUT2D eigenvalue weighted by molar-refractivity contribution is 0.0529. The summed E-state index contributed by atoms with van der Waals surface area (Å²) in [6, 6.07) is 5.78. The number of carbonyl (C=O) groups excluding carboxylic acids is 1. The lowest BCUT2D eigenvalue weighted by Gasteiger charge is -2.22. The van der Waals surface area contributed by atoms with E-state index in [0.29, 0.717) is 0 Å². The molecule has 0 fully saturated rings. The van der Waals surface area contributed by atoms with Gasteiger partial charge >= 0.3 is 6.09 Å². The van der Waals surface area contributed by atoms with Crippen LogP contribution in [0.2, 0.25) is 0 Å². The summed E-state index contributed by atoms with van der Waals surface area (Å²) in [5.74, 6) is 0.838. The van der Waals surface area contributed by atoms with Gasteiger partial charge in [0.25, 0.3) is 0 Å². The summed E-state index contributed by atoms with van der Waals surface area (Å²) in [5, 5.41) is 3.91. The van der Waals surface area contributed by atoms with Gasteiger partial charge in [0.1, 0.15) is 11.4 Å². The molecule has 0 heterocycles. The van der Waals surface area contributed by atoms with E-state index in [1.165, 1.54) is 0 Å². The summed E-state index contributed by atoms with van der Waals surface area (Å²) in [6.45, 7) is 11.8. The third-order valence-corrected chi connectivity index (χ3v) is 2.80. The average Bonchev–Trinajstić information content (AvgIpc) is 2.35. The largest absolute Gasteiger partial charge is 0.496 e. The van der Waals surface area contributed by atoms with Gasteiger partial charge in [0.2, 0.25) is 0 Å². The molecular weight excluding hydrogens is 280 g/mol. The van der Waals surface area contributed by atoms with E-state index in [0.717, 1.165) is 16.9 Å². The van der Waals surface area contributed by atoms with Gasteiger partial charge < -0.3 is 9.47 Å². The van der Waals surface area contributed by atoms with Crippen LogP contribution in [0.25, 0.3) is 0 Å². The van der Waals surface area contributed by atoms with Crippen molar-refractivity contribution < 1.29 is 14.3 Å². The predicted octanol–water partition coefficient (Wildman–Crippen LogP) is 3.85. The zero-order chi connectivity index (χ0) is 17.0. The van der Waals surface area contributed by atoms with Crippen LogP contribution in [0.5, 0.6) is 5.75 Å². The monoisotopic (exact) mass is 306 g/mol. The van der Waals surface area contributed by atoms with Gasteiger partial charge in [0.05, 0.1) is 13.3 Å². The fourth-order valence-corrected chi connectivity index (χ4v) is 1.85. The summed E-state index contributed by atoms with van der Waals surface area (Å²) in [5.41, 5.74) is 3.72. The van der Waals surface area contributed by atoms with E-state index >= 15 is 0 Å². The highest BCUT2D eigenvalue weighted by molar-refractivity contribution is 5.81. The van der Waals surface area contributed by atoms with Gasteiger partial charge in [-0.3, -0.25) is 0 Å². The maximum atomic E-state index is 11.5. The van der Waals surface area contributed by atoms with Gasteiger partial charge in [-0.1, -0.05) is 20.8 Å². The molecule has 0 saturated carbocycles. The Morgan fingerprint density at radius 3 is 2.32 bits per heavy atom. The standard InChI is InChI=1S/C17H26N2O3/c1-16(2,3)13-10-12(8-9-14(13)21-7)11-18-19-15(20)22-17(4,5)6/h8-11H,1-7H3,(H,19,20)/b18-11+. The summed E-state index contributed by atoms with van der Waals surface area (Å²) < 4.78 is 10.5. The van der Waals surface area contributed by atoms with Gasteiger partial charge in [-0.05, 0) is 49.9 Å². The SMILES string of the molecule is COc1ccc(/C=N/NC(=O)OC(C)(C)C)cc1C(C)(C)C. The molecule has 1 rings (SSSR count). The molecule has 0 aromatic heterocycles. The highest BCUT2D eigenvalue weighted by atomic mass is 16.6. The van der Waals surface area contributed by atoms with E-state index in [4.69, 9.17) is 9.47 Å². The van der Waals surface area contributed by atoms with E-state index < -0.39 is 11.7 Å². The van der Waals surface area contributed by atoms with Crippen molar-refractivity contribution in [3.8, 4) is 5.75 Å². The number of hydrogen-bond acceptors (Lipinski definition) is 4. The lowest BCUT2D eigenvalue weighted by Crippen LogP contribution is -2.29. The number of benzene rings is 1. The minimum atomic E-state index is -0.576. The maximum absolute atomic E-state index is 11.5. The van der Waals surface area contributed by atoms with Gasteiger partial charge in [-0.2, -0.15) is 5.10 Å². The van der Waals surface area contributed by atoms with Crippen molar-refractivity contribution in [2.45, 2.75) is 52.6 Å². The predicted molar refractivity (Wildman–Crippen MR) is 88.7 cm³/mol. The van der Waals surface area contributed by atoms with Gasteiger partial charge in [0.15, 0.2) is 0 Å². The number of carbonyl (C=O) groups is 1. The number of amides is 1. The zero-order valence-electron chi connectivity index (χ0n) is 14.5. The molecule has 122 valence electrons. The van der Waals surface area contributed by atoms with E-state index in [9.17, 15) is 4.79 Å². The number of hydrazone groups is 1. The number of ether oxygens (including phenoxy) is 2. The molecule has 0 saturated heterocycles. The van der Waals surface area contributed by atoms with Crippen LogP contribution in [0.3, 0.4) is 0 Å². The molecule has 0 unspecified atom stereocenters. The van der Waals surface area contributed by atoms with Crippen molar-refractivity contribution in [2.75, 3.05) is 7.11 Å². The number of nitrogens with zero attached hydrogens (tertiary/aromatic N) is 1. The number of methoxy groups -OCH3 is 1. The van der Waals surface area contributed by atoms with Crippen LogP contribution in [0, 0.1) is 0 Å². The van der Waals surface area contributed by atoms with Crippen molar-refractivity contribution >= 4 is 12.3 Å². The quantitative estimate of drug-likeness (QED) is 0.681. The highest BCUT2D eigenvalue weighted by Gasteiger charge is 2.19. The fourth-order valence-electron chi connectivity index (χ4n) is 1.85. The molecule has 0 spiro atoms. The molecule has 5 nitrogen and oxygen atoms in total. The van der Waals surface area contributed by atoms with Crippen LogP contribution in [0.4, 0.5) is 4.79 Å². The molecule has 0 radical (unpaired) electrons. The second-order valence-electron chi connectivity index (χ2n) is 7.08. The van der Waals surface area contributed by atoms with Gasteiger partial charge in [-0.25, -0.2) is 10.2 Å². The second-order valence-corrected chi connectivity index (χ2v) is 7.08. The normalized spacial score (nSPS) is 12.3. The maximum Gasteiger partial charge on any atom is 0.428 e. The fraction of sp³-hybridized carbons (Fsp3) is 0.529. The molecule has 1 aromatic carbocycles. The van der Waals surface area contributed by atoms with Crippen LogP contribution in [-0.2, 0) is 10.2 Å². The first-order valence-corrected chi connectivity index (χ1v) is 7.23. The Balaban J connectivity index is 2.82. The van der Waals surface area contributed by atoms with Crippen LogP contribution >= 0.6 is 0 Å². The molecule has 0 aliphatic heterocycles. The first-order chi connectivity index (χ1) is 10.0. The Bertz CT molecular complexity index is 552. The highest BCUT2D eigenvalue weighted by Crippen LogP contribution is 2.31. The number of hydrogen-bond donors (Lipinski definition) is 1. The van der Waals surface area contributed by atoms with Crippen molar-refractivity contribution in [2.24, 2.45) is 5.10 Å². The molecule has 5 heteroatoms. The second kappa shape index (κ2) is 6.81. The Labute approximate surface area is 132 Å². The van der Waals surface area contributed by atoms with Crippen molar-refractivity contribution in [1.82, 2.24) is 5.43 Å². The third kappa shape index (κ3) is 5.76. The van der Waals surface area contributed by atoms with E-state index in [1.807, 2.05) is 18.2 Å². The third-order valence-electron chi connectivity index (χ3n) is 2.80. The zero-order valence-corrected chi connectivity index (χ0v) is 14.5. The van der Waals surface area contributed by atoms with E-state index in [-0.39, 0.29) is 5.41 Å². The molecular formula is C17H26N2O3. The van der Waals surface area contributed by atoms with Crippen molar-refractivity contribution in [3.05, 3.63) is 29.3 Å².